The zero-order chi connectivity index (χ0) is 27.4. The third-order valence-corrected chi connectivity index (χ3v) is 6.12. The summed E-state index contributed by atoms with van der Waals surface area (Å²) in [5.74, 6) is -8.39. The Kier molecular flexibility index (Phi) is 9.98. The Balaban J connectivity index is 2.23. The summed E-state index contributed by atoms with van der Waals surface area (Å²) in [4.78, 5) is 23.6. The van der Waals surface area contributed by atoms with E-state index in [1.165, 1.54) is 0 Å². The van der Waals surface area contributed by atoms with E-state index >= 15 is 0 Å². The van der Waals surface area contributed by atoms with Gasteiger partial charge in [0.1, 0.15) is 12.4 Å². The van der Waals surface area contributed by atoms with Crippen molar-refractivity contribution in [2.75, 3.05) is 13.1 Å². The van der Waals surface area contributed by atoms with Crippen LogP contribution in [0.5, 0.6) is 0 Å². The molecule has 1 unspecified atom stereocenters. The first-order chi connectivity index (χ1) is 16.5. The molecule has 2 N–H and O–H groups in total. The summed E-state index contributed by atoms with van der Waals surface area (Å²) in [5, 5.41) is 3.07. The molecule has 0 saturated heterocycles. The molecule has 0 spiro atoms. The van der Waals surface area contributed by atoms with Crippen molar-refractivity contribution in [3.63, 3.8) is 0 Å². The number of nitrogens with one attached hydrogen (secondary N) is 2. The first-order valence-electron chi connectivity index (χ1n) is 9.80. The molecule has 0 aromatic heterocycles. The number of rotatable bonds is 8. The normalized spacial score (nSPS) is 13.4. The van der Waals surface area contributed by atoms with Crippen LogP contribution in [0.1, 0.15) is 34.3 Å². The molecule has 36 heavy (non-hydrogen) atoms. The number of allylic oxidation sites excluding steroid dienone is 1. The molecule has 4 nitrogen and oxygen atoms in total. The van der Waals surface area contributed by atoms with Crippen LogP contribution in [0, 0.1) is 0 Å². The standard InChI is InChI=1S/C22H16Cl4F6N2O2/c1-21(28,29)13(11-5-15(24)19(26)16(25)6-11)7-17(27)10-2-3-12(14(23)4-10)20(36)33-8-18(35)34-9-22(30,31)32/h2-7,13H,8-9H2,1H3,(H,33,36)(H,34,35)/b17-7-. The van der Waals surface area contributed by atoms with E-state index in [0.29, 0.717) is 13.0 Å². The molecule has 2 amide bonds. The van der Waals surface area contributed by atoms with E-state index in [-0.39, 0.29) is 36.8 Å². The lowest BCUT2D eigenvalue weighted by Crippen LogP contribution is -2.40. The van der Waals surface area contributed by atoms with Crippen molar-refractivity contribution in [1.29, 1.82) is 0 Å². The molecule has 0 fully saturated rings. The van der Waals surface area contributed by atoms with E-state index in [4.69, 9.17) is 46.4 Å². The van der Waals surface area contributed by atoms with Crippen LogP contribution in [-0.4, -0.2) is 37.0 Å². The summed E-state index contributed by atoms with van der Waals surface area (Å²) in [6, 6.07) is 5.38. The topological polar surface area (TPSA) is 58.2 Å². The van der Waals surface area contributed by atoms with Gasteiger partial charge in [-0.05, 0) is 35.9 Å². The minimum absolute atomic E-state index is 0.0526. The summed E-state index contributed by atoms with van der Waals surface area (Å²) in [6.07, 6.45) is -3.99. The highest BCUT2D eigenvalue weighted by atomic mass is 35.5. The highest BCUT2D eigenvalue weighted by Gasteiger charge is 2.35. The number of hydrogen-bond acceptors (Lipinski definition) is 2. The number of hydrogen-bond donors (Lipinski definition) is 2. The second-order valence-corrected chi connectivity index (χ2v) is 9.12. The van der Waals surface area contributed by atoms with Crippen molar-refractivity contribution < 1.29 is 35.9 Å². The van der Waals surface area contributed by atoms with Gasteiger partial charge in [0.15, 0.2) is 0 Å². The number of halogens is 10. The van der Waals surface area contributed by atoms with E-state index in [2.05, 4.69) is 5.32 Å². The molecule has 14 heteroatoms. The van der Waals surface area contributed by atoms with Gasteiger partial charge < -0.3 is 10.6 Å². The molecular weight excluding hydrogens is 580 g/mol. The van der Waals surface area contributed by atoms with Crippen molar-refractivity contribution >= 4 is 64.0 Å². The molecular formula is C22H16Cl4F6N2O2. The Morgan fingerprint density at radius 1 is 0.944 bits per heavy atom. The average molecular weight is 596 g/mol. The maximum absolute atomic E-state index is 15.0. The predicted molar refractivity (Wildman–Crippen MR) is 127 cm³/mol. The van der Waals surface area contributed by atoms with Crippen molar-refractivity contribution in [3.8, 4) is 0 Å². The largest absolute Gasteiger partial charge is 0.405 e. The molecule has 0 aliphatic rings. The van der Waals surface area contributed by atoms with Crippen LogP contribution in [0.2, 0.25) is 20.1 Å². The Morgan fingerprint density at radius 2 is 1.53 bits per heavy atom. The van der Waals surface area contributed by atoms with E-state index < -0.39 is 48.7 Å². The van der Waals surface area contributed by atoms with Crippen LogP contribution in [0.3, 0.4) is 0 Å². The molecule has 0 aliphatic carbocycles. The molecule has 2 aromatic rings. The Bertz CT molecular complexity index is 1160. The molecule has 196 valence electrons. The molecule has 0 saturated carbocycles. The summed E-state index contributed by atoms with van der Waals surface area (Å²) in [6.45, 7) is -1.78. The zero-order valence-corrected chi connectivity index (χ0v) is 21.1. The Morgan fingerprint density at radius 3 is 2.03 bits per heavy atom. The number of alkyl halides is 5. The molecule has 2 rings (SSSR count). The minimum atomic E-state index is -4.62. The molecule has 0 bridgehead atoms. The van der Waals surface area contributed by atoms with Crippen LogP contribution >= 0.6 is 46.4 Å². The monoisotopic (exact) mass is 594 g/mol. The Labute approximate surface area is 221 Å². The smallest absolute Gasteiger partial charge is 0.345 e. The van der Waals surface area contributed by atoms with Gasteiger partial charge in [-0.2, -0.15) is 13.2 Å². The van der Waals surface area contributed by atoms with E-state index in [0.717, 1.165) is 30.3 Å². The highest BCUT2D eigenvalue weighted by Crippen LogP contribution is 2.41. The quantitative estimate of drug-likeness (QED) is 0.246. The predicted octanol–water partition coefficient (Wildman–Crippen LogP) is 7.46. The second-order valence-electron chi connectivity index (χ2n) is 7.52. The fourth-order valence-corrected chi connectivity index (χ4v) is 3.78. The van der Waals surface area contributed by atoms with Gasteiger partial charge in [-0.15, -0.1) is 0 Å². The lowest BCUT2D eigenvalue weighted by Gasteiger charge is -2.22. The number of benzene rings is 2. The maximum Gasteiger partial charge on any atom is 0.405 e. The summed E-state index contributed by atoms with van der Waals surface area (Å²) in [7, 11) is 0. The third-order valence-electron chi connectivity index (χ3n) is 4.61. The SMILES string of the molecule is CC(F)(F)C(/C=C(\F)c1ccc(C(=O)NCC(=O)NCC(F)(F)F)c(Cl)c1)c1cc(Cl)c(Cl)c(Cl)c1. The first kappa shape index (κ1) is 30.1. The van der Waals surface area contributed by atoms with Crippen molar-refractivity contribution in [1.82, 2.24) is 10.6 Å². The maximum atomic E-state index is 15.0. The summed E-state index contributed by atoms with van der Waals surface area (Å²) >= 11 is 23.7. The number of carbonyl (C=O) groups excluding carboxylic acids is 2. The fraction of sp³-hybridized carbons (Fsp3) is 0.273. The van der Waals surface area contributed by atoms with Crippen molar-refractivity contribution in [2.45, 2.75) is 24.9 Å². The van der Waals surface area contributed by atoms with E-state index in [9.17, 15) is 35.9 Å². The molecule has 2 aromatic carbocycles. The zero-order valence-electron chi connectivity index (χ0n) is 18.1. The molecule has 0 radical (unpaired) electrons. The highest BCUT2D eigenvalue weighted by molar-refractivity contribution is 6.48. The summed E-state index contributed by atoms with van der Waals surface area (Å²) < 4.78 is 80.0. The van der Waals surface area contributed by atoms with Crippen LogP contribution in [0.4, 0.5) is 26.3 Å². The van der Waals surface area contributed by atoms with Gasteiger partial charge in [-0.3, -0.25) is 9.59 Å². The van der Waals surface area contributed by atoms with Crippen LogP contribution < -0.4 is 10.6 Å². The second kappa shape index (κ2) is 11.9. The minimum Gasteiger partial charge on any atom is -0.345 e. The average Bonchev–Trinajstić information content (AvgIpc) is 2.76. The van der Waals surface area contributed by atoms with Crippen LogP contribution in [-0.2, 0) is 4.79 Å². The van der Waals surface area contributed by atoms with Crippen molar-refractivity contribution in [3.05, 3.63) is 73.2 Å². The van der Waals surface area contributed by atoms with Gasteiger partial charge in [0.25, 0.3) is 11.8 Å². The van der Waals surface area contributed by atoms with Gasteiger partial charge in [0, 0.05) is 12.5 Å². The van der Waals surface area contributed by atoms with E-state index in [1.807, 2.05) is 0 Å². The summed E-state index contributed by atoms with van der Waals surface area (Å²) in [5.41, 5.74) is -0.590. The number of carbonyl (C=O) groups is 2. The number of amides is 2. The van der Waals surface area contributed by atoms with Crippen molar-refractivity contribution in [2.24, 2.45) is 0 Å². The van der Waals surface area contributed by atoms with E-state index in [1.54, 1.807) is 5.32 Å². The molecule has 0 aliphatic heterocycles. The van der Waals surface area contributed by atoms with Crippen LogP contribution in [0.25, 0.3) is 5.83 Å². The van der Waals surface area contributed by atoms with Gasteiger partial charge in [0.05, 0.1) is 38.1 Å². The molecule has 0 heterocycles. The third kappa shape index (κ3) is 8.47. The Hall–Kier alpha value is -2.14. The van der Waals surface area contributed by atoms with Crippen LogP contribution in [0.15, 0.2) is 36.4 Å². The molecule has 1 atom stereocenters. The first-order valence-corrected chi connectivity index (χ1v) is 11.3. The van der Waals surface area contributed by atoms with Gasteiger partial charge in [0.2, 0.25) is 5.91 Å². The van der Waals surface area contributed by atoms with Gasteiger partial charge in [-0.25, -0.2) is 13.2 Å². The fourth-order valence-electron chi connectivity index (χ4n) is 2.90. The van der Waals surface area contributed by atoms with Gasteiger partial charge >= 0.3 is 6.18 Å². The lowest BCUT2D eigenvalue weighted by atomic mass is 9.92. The lowest BCUT2D eigenvalue weighted by molar-refractivity contribution is -0.137. The van der Waals surface area contributed by atoms with Gasteiger partial charge in [-0.1, -0.05) is 52.5 Å².